The molecule has 0 radical (unpaired) electrons. The van der Waals surface area contributed by atoms with Crippen molar-refractivity contribution in [3.8, 4) is 0 Å². The zero-order chi connectivity index (χ0) is 37.3. The van der Waals surface area contributed by atoms with Crippen LogP contribution < -0.4 is 0 Å². The number of rotatable bonds is 6. The Bertz CT molecular complexity index is 2460. The molecule has 4 N–H and O–H groups in total. The van der Waals surface area contributed by atoms with E-state index in [0.29, 0.717) is 60.2 Å². The number of hydrogen-bond acceptors (Lipinski definition) is 4. The van der Waals surface area contributed by atoms with Gasteiger partial charge >= 0.3 is 11.9 Å². The van der Waals surface area contributed by atoms with Crippen LogP contribution in [0.1, 0.15) is 84.5 Å². The molecule has 0 atom stereocenters. The van der Waals surface area contributed by atoms with Crippen molar-refractivity contribution in [1.82, 2.24) is 0 Å². The van der Waals surface area contributed by atoms with E-state index in [4.69, 9.17) is 0 Å². The molecule has 7 aromatic carbocycles. The molecule has 0 aliphatic heterocycles. The Morgan fingerprint density at radius 1 is 0.404 bits per heavy atom. The molecule has 52 heavy (non-hydrogen) atoms. The second-order valence-electron chi connectivity index (χ2n) is 15.2. The van der Waals surface area contributed by atoms with Crippen LogP contribution in [0.3, 0.4) is 0 Å². The molecular formula is C44H38N2O6. The van der Waals surface area contributed by atoms with Crippen LogP contribution in [-0.2, 0) is 10.8 Å². The zero-order valence-corrected chi connectivity index (χ0v) is 29.7. The predicted octanol–water partition coefficient (Wildman–Crippen LogP) is 11.0. The van der Waals surface area contributed by atoms with Crippen molar-refractivity contribution in [3.05, 3.63) is 130 Å². The second-order valence-corrected chi connectivity index (χ2v) is 15.2. The Morgan fingerprint density at radius 2 is 0.692 bits per heavy atom. The highest BCUT2D eigenvalue weighted by Gasteiger charge is 2.25. The standard InChI is InChI=1S/C44H38N2O6/c1-43(2,3)23-7-11-25(12-8-23)45-39(47)31-19-15-27-29-17-21-33(41(49)50)38-34(42(51)52)22-18-30(36(29)38)28-16-20-32(37(31)35(27)28)40(48)46-26-13-9-24(10-14-26)44(4,5)6/h7-22H,1-6H3,(H,45,47)(H,46,48)(H,49,50)(H,51,52). The monoisotopic (exact) mass is 690 g/mol. The number of fused-ring (bicyclic) bond motifs is 2. The van der Waals surface area contributed by atoms with E-state index in [2.05, 4.69) is 51.5 Å². The van der Waals surface area contributed by atoms with E-state index >= 15 is 0 Å². The van der Waals surface area contributed by atoms with Gasteiger partial charge in [0.1, 0.15) is 0 Å². The van der Waals surface area contributed by atoms with Crippen molar-refractivity contribution in [2.24, 2.45) is 9.98 Å². The Hall–Kier alpha value is -6.28. The molecule has 0 saturated heterocycles. The minimum Gasteiger partial charge on any atom is -0.493 e. The van der Waals surface area contributed by atoms with Gasteiger partial charge in [0, 0.05) is 21.9 Å². The molecular weight excluding hydrogens is 652 g/mol. The maximum Gasteiger partial charge on any atom is 0.336 e. The summed E-state index contributed by atoms with van der Waals surface area (Å²) in [5.74, 6) is -3.01. The van der Waals surface area contributed by atoms with Gasteiger partial charge in [-0.25, -0.2) is 19.6 Å². The Kier molecular flexibility index (Phi) is 8.02. The summed E-state index contributed by atoms with van der Waals surface area (Å²) in [6.45, 7) is 12.7. The lowest BCUT2D eigenvalue weighted by Gasteiger charge is -2.20. The average molecular weight is 691 g/mol. The van der Waals surface area contributed by atoms with Gasteiger partial charge in [-0.15, -0.1) is 0 Å². The van der Waals surface area contributed by atoms with Crippen LogP contribution >= 0.6 is 0 Å². The fraction of sp³-hybridized carbons (Fsp3) is 0.182. The van der Waals surface area contributed by atoms with Crippen molar-refractivity contribution in [2.75, 3.05) is 0 Å². The average Bonchev–Trinajstić information content (AvgIpc) is 3.09. The van der Waals surface area contributed by atoms with E-state index in [0.717, 1.165) is 11.1 Å². The summed E-state index contributed by atoms with van der Waals surface area (Å²) in [6.07, 6.45) is 0. The van der Waals surface area contributed by atoms with E-state index in [1.807, 2.05) is 60.7 Å². The first-order chi connectivity index (χ1) is 24.5. The molecule has 7 rings (SSSR count). The number of aliphatic hydroxyl groups excluding tert-OH is 2. The van der Waals surface area contributed by atoms with Crippen molar-refractivity contribution in [3.63, 3.8) is 0 Å². The first kappa shape index (κ1) is 34.2. The fourth-order valence-corrected chi connectivity index (χ4v) is 7.05. The maximum absolute atomic E-state index is 12.4. The third-order valence-electron chi connectivity index (χ3n) is 9.78. The molecule has 0 heterocycles. The van der Waals surface area contributed by atoms with Gasteiger partial charge in [0.05, 0.1) is 22.5 Å². The van der Waals surface area contributed by atoms with Crippen LogP contribution in [0.2, 0.25) is 0 Å². The maximum atomic E-state index is 12.4. The SMILES string of the molecule is CC(C)(C)c1ccc(N=C(O)c2ccc3c4ccc(C(=O)O)c5c(C(=O)O)ccc(c6ccc(C(O)=Nc7ccc(C(C)(C)C)cc7)c2c36)c54)cc1. The van der Waals surface area contributed by atoms with Crippen LogP contribution in [0.15, 0.2) is 107 Å². The molecule has 0 aliphatic carbocycles. The smallest absolute Gasteiger partial charge is 0.336 e. The van der Waals surface area contributed by atoms with E-state index in [9.17, 15) is 30.0 Å². The third kappa shape index (κ3) is 5.76. The summed E-state index contributed by atoms with van der Waals surface area (Å²) < 4.78 is 0. The highest BCUT2D eigenvalue weighted by atomic mass is 16.4. The van der Waals surface area contributed by atoms with Crippen LogP contribution in [0.4, 0.5) is 11.4 Å². The van der Waals surface area contributed by atoms with Crippen molar-refractivity contribution in [1.29, 1.82) is 0 Å². The number of carboxylic acids is 2. The van der Waals surface area contributed by atoms with Crippen molar-refractivity contribution >= 4 is 78.2 Å². The van der Waals surface area contributed by atoms with Gasteiger partial charge in [0.25, 0.3) is 0 Å². The van der Waals surface area contributed by atoms with Gasteiger partial charge in [-0.2, -0.15) is 0 Å². The molecule has 0 unspecified atom stereocenters. The molecule has 0 aromatic heterocycles. The number of nitrogens with zero attached hydrogens (tertiary/aromatic N) is 2. The molecule has 0 aliphatic rings. The van der Waals surface area contributed by atoms with Crippen LogP contribution in [0.5, 0.6) is 0 Å². The minimum absolute atomic E-state index is 0.0606. The third-order valence-corrected chi connectivity index (χ3v) is 9.78. The number of carboxylic acid groups (broad SMARTS) is 2. The molecule has 8 nitrogen and oxygen atoms in total. The highest BCUT2D eigenvalue weighted by Crippen LogP contribution is 2.44. The normalized spacial score (nSPS) is 13.1. The highest BCUT2D eigenvalue weighted by molar-refractivity contribution is 6.38. The molecule has 0 spiro atoms. The number of aliphatic imine (C=N–C) groups is 2. The zero-order valence-electron chi connectivity index (χ0n) is 29.7. The quantitative estimate of drug-likeness (QED) is 0.0592. The van der Waals surface area contributed by atoms with Gasteiger partial charge < -0.3 is 20.4 Å². The van der Waals surface area contributed by atoms with E-state index in [-0.39, 0.29) is 39.1 Å². The lowest BCUT2D eigenvalue weighted by Crippen LogP contribution is -2.10. The van der Waals surface area contributed by atoms with Crippen LogP contribution in [0, 0.1) is 0 Å². The summed E-state index contributed by atoms with van der Waals surface area (Å²) in [5, 5.41) is 48.0. The molecule has 0 saturated carbocycles. The number of aliphatic hydroxyl groups is 2. The summed E-state index contributed by atoms with van der Waals surface area (Å²) >= 11 is 0. The number of hydrogen-bond donors (Lipinski definition) is 4. The lowest BCUT2D eigenvalue weighted by molar-refractivity contribution is 0.0695. The van der Waals surface area contributed by atoms with Gasteiger partial charge in [-0.1, -0.05) is 90.1 Å². The van der Waals surface area contributed by atoms with E-state index in [1.54, 1.807) is 24.3 Å². The van der Waals surface area contributed by atoms with E-state index < -0.39 is 11.9 Å². The Balaban J connectivity index is 1.54. The van der Waals surface area contributed by atoms with Gasteiger partial charge in [-0.3, -0.25) is 0 Å². The Labute approximate surface area is 300 Å². The summed E-state index contributed by atoms with van der Waals surface area (Å²) in [4.78, 5) is 33.9. The van der Waals surface area contributed by atoms with Gasteiger partial charge in [-0.05, 0) is 103 Å². The fourth-order valence-electron chi connectivity index (χ4n) is 7.05. The molecule has 0 amide bonds. The molecule has 8 heteroatoms. The van der Waals surface area contributed by atoms with Gasteiger partial charge in [0.15, 0.2) is 0 Å². The largest absolute Gasteiger partial charge is 0.493 e. The van der Waals surface area contributed by atoms with Crippen molar-refractivity contribution in [2.45, 2.75) is 52.4 Å². The first-order valence-corrected chi connectivity index (χ1v) is 17.0. The summed E-state index contributed by atoms with van der Waals surface area (Å²) in [7, 11) is 0. The lowest BCUT2D eigenvalue weighted by atomic mass is 9.84. The van der Waals surface area contributed by atoms with Gasteiger partial charge in [0.2, 0.25) is 11.8 Å². The number of aromatic carboxylic acids is 2. The molecule has 7 aromatic rings. The molecule has 0 bridgehead atoms. The van der Waals surface area contributed by atoms with Crippen LogP contribution in [0.25, 0.3) is 43.1 Å². The van der Waals surface area contributed by atoms with Crippen LogP contribution in [-0.4, -0.2) is 44.2 Å². The molecule has 0 fully saturated rings. The Morgan fingerprint density at radius 3 is 0.981 bits per heavy atom. The topological polar surface area (TPSA) is 140 Å². The first-order valence-electron chi connectivity index (χ1n) is 17.0. The van der Waals surface area contributed by atoms with E-state index in [1.165, 1.54) is 12.1 Å². The predicted molar refractivity (Wildman–Crippen MR) is 210 cm³/mol. The molecule has 260 valence electrons. The minimum atomic E-state index is -1.24. The number of carbonyl (C=O) groups is 2. The summed E-state index contributed by atoms with van der Waals surface area (Å²) in [5.41, 5.74) is 3.68. The number of benzene rings is 7. The van der Waals surface area contributed by atoms with Crippen molar-refractivity contribution < 1.29 is 30.0 Å². The summed E-state index contributed by atoms with van der Waals surface area (Å²) in [6, 6.07) is 28.6. The second kappa shape index (κ2) is 12.2.